The number of aliphatic imine (C=N–C) groups is 1. The summed E-state index contributed by atoms with van der Waals surface area (Å²) in [7, 11) is 0. The van der Waals surface area contributed by atoms with Crippen LogP contribution in [0.3, 0.4) is 0 Å². The average molecular weight is 586 g/mol. The van der Waals surface area contributed by atoms with Crippen LogP contribution in [-0.4, -0.2) is 53.3 Å². The predicted octanol–water partition coefficient (Wildman–Crippen LogP) is 0.190. The Morgan fingerprint density at radius 1 is 0.929 bits per heavy atom. The van der Waals surface area contributed by atoms with Crippen molar-refractivity contribution in [2.24, 2.45) is 39.4 Å². The molecule has 0 radical (unpaired) electrons. The third kappa shape index (κ3) is 8.98. The maximum absolute atomic E-state index is 13.5. The second-order valence-corrected chi connectivity index (χ2v) is 10.1. The molecule has 0 aromatic heterocycles. The molecule has 4 unspecified atom stereocenters. The lowest BCUT2D eigenvalue weighted by Gasteiger charge is -2.31. The van der Waals surface area contributed by atoms with Gasteiger partial charge in [-0.15, -0.1) is 0 Å². The monoisotopic (exact) mass is 585 g/mol. The average Bonchev–Trinajstić information content (AvgIpc) is 2.97. The van der Waals surface area contributed by atoms with Gasteiger partial charge in [-0.2, -0.15) is 0 Å². The van der Waals surface area contributed by atoms with E-state index in [1.165, 1.54) is 36.4 Å². The molecule has 0 aliphatic rings. The Bertz CT molecular complexity index is 1220. The molecule has 13 N–H and O–H groups in total. The third-order valence-corrected chi connectivity index (χ3v) is 6.78. The summed E-state index contributed by atoms with van der Waals surface area (Å²) < 4.78 is 11.0. The van der Waals surface area contributed by atoms with Crippen LogP contribution in [0.4, 0.5) is 0 Å². The molecule has 0 saturated carbocycles. The Balaban J connectivity index is 2.37. The van der Waals surface area contributed by atoms with Crippen molar-refractivity contribution >= 4 is 23.8 Å². The predicted molar refractivity (Wildman–Crippen MR) is 158 cm³/mol. The van der Waals surface area contributed by atoms with E-state index < -0.39 is 41.3 Å². The number of aliphatic hydroxyl groups is 1. The first-order valence-corrected chi connectivity index (χ1v) is 13.8. The Morgan fingerprint density at radius 3 is 2.19 bits per heavy atom. The number of nitrogens with zero attached hydrogens (tertiary/aromatic N) is 1. The van der Waals surface area contributed by atoms with E-state index in [0.29, 0.717) is 6.42 Å². The maximum Gasteiger partial charge on any atom is 0.371 e. The van der Waals surface area contributed by atoms with Crippen LogP contribution in [0.1, 0.15) is 63.0 Å². The molecular formula is C29H43N7O6. The molecule has 0 heterocycles. The topological polar surface area (TPSA) is 258 Å². The molecule has 42 heavy (non-hydrogen) atoms. The van der Waals surface area contributed by atoms with Crippen LogP contribution in [0.25, 0.3) is 0 Å². The molecule has 0 saturated heterocycles. The fourth-order valence-corrected chi connectivity index (χ4v) is 4.30. The Kier molecular flexibility index (Phi) is 12.9. The smallest absolute Gasteiger partial charge is 0.371 e. The summed E-state index contributed by atoms with van der Waals surface area (Å²) in [5.74, 6) is -3.71. The summed E-state index contributed by atoms with van der Waals surface area (Å²) in [6, 6.07) is 11.7. The van der Waals surface area contributed by atoms with Crippen molar-refractivity contribution in [3.05, 3.63) is 65.7 Å². The van der Waals surface area contributed by atoms with Crippen LogP contribution in [0, 0.1) is 0 Å². The summed E-state index contributed by atoms with van der Waals surface area (Å²) in [5.41, 5.74) is 30.2. The zero-order valence-electron chi connectivity index (χ0n) is 23.9. The van der Waals surface area contributed by atoms with Crippen LogP contribution in [0.2, 0.25) is 0 Å². The number of rotatable bonds is 17. The Labute approximate surface area is 245 Å². The van der Waals surface area contributed by atoms with Gasteiger partial charge in [0.05, 0.1) is 0 Å². The lowest BCUT2D eigenvalue weighted by atomic mass is 9.85. The first-order valence-electron chi connectivity index (χ1n) is 13.8. The van der Waals surface area contributed by atoms with E-state index >= 15 is 0 Å². The number of primary amides is 1. The van der Waals surface area contributed by atoms with E-state index in [2.05, 4.69) is 11.9 Å². The maximum atomic E-state index is 13.5. The summed E-state index contributed by atoms with van der Waals surface area (Å²) in [4.78, 5) is 43.0. The van der Waals surface area contributed by atoms with Gasteiger partial charge in [-0.1, -0.05) is 81.1 Å². The number of hydrogen-bond acceptors (Lipinski definition) is 10. The number of nitrogens with two attached hydrogens (primary N) is 6. The molecule has 0 fully saturated rings. The molecule has 230 valence electrons. The molecule has 0 aliphatic heterocycles. The highest BCUT2D eigenvalue weighted by Crippen LogP contribution is 2.36. The van der Waals surface area contributed by atoms with Gasteiger partial charge in [0.1, 0.15) is 11.8 Å². The quantitative estimate of drug-likeness (QED) is 0.0329. The molecule has 2 aromatic rings. The highest BCUT2D eigenvalue weighted by Gasteiger charge is 2.45. The van der Waals surface area contributed by atoms with Gasteiger partial charge in [-0.05, 0) is 24.5 Å². The van der Waals surface area contributed by atoms with Crippen LogP contribution in [0.5, 0.6) is 5.75 Å². The number of amides is 1. The van der Waals surface area contributed by atoms with Crippen molar-refractivity contribution in [3.8, 4) is 5.75 Å². The number of para-hydroxylation sites is 1. The molecule has 0 bridgehead atoms. The number of esters is 2. The minimum atomic E-state index is -2.37. The zero-order valence-corrected chi connectivity index (χ0v) is 23.9. The van der Waals surface area contributed by atoms with Crippen molar-refractivity contribution in [3.63, 3.8) is 0 Å². The van der Waals surface area contributed by atoms with Crippen molar-refractivity contribution in [2.45, 2.75) is 75.3 Å². The third-order valence-electron chi connectivity index (χ3n) is 6.78. The van der Waals surface area contributed by atoms with Gasteiger partial charge < -0.3 is 43.2 Å². The highest BCUT2D eigenvalue weighted by molar-refractivity contribution is 5.91. The first kappa shape index (κ1) is 34.2. The highest BCUT2D eigenvalue weighted by atomic mass is 16.6. The largest absolute Gasteiger partial charge is 0.431 e. The molecule has 13 nitrogen and oxygen atoms in total. The van der Waals surface area contributed by atoms with Gasteiger partial charge in [-0.3, -0.25) is 20.3 Å². The molecular weight excluding hydrogens is 542 g/mol. The normalized spacial score (nSPS) is 15.4. The fraction of sp³-hybridized carbons (Fsp3) is 0.448. The number of carbonyl (C=O) groups is 3. The van der Waals surface area contributed by atoms with Gasteiger partial charge in [0, 0.05) is 24.6 Å². The van der Waals surface area contributed by atoms with Crippen LogP contribution in [0.15, 0.2) is 59.6 Å². The molecule has 0 aliphatic carbocycles. The van der Waals surface area contributed by atoms with E-state index in [1.54, 1.807) is 18.2 Å². The van der Waals surface area contributed by atoms with Crippen LogP contribution >= 0.6 is 0 Å². The first-order chi connectivity index (χ1) is 19.9. The summed E-state index contributed by atoms with van der Waals surface area (Å²) >= 11 is 0. The van der Waals surface area contributed by atoms with E-state index in [-0.39, 0.29) is 42.2 Å². The number of ether oxygens (including phenoxy) is 2. The second-order valence-electron chi connectivity index (χ2n) is 10.1. The molecule has 2 aromatic carbocycles. The number of hydrogen-bond donors (Lipinski definition) is 7. The number of carbonyl (C=O) groups excluding carboxylic acids is 3. The van der Waals surface area contributed by atoms with Crippen molar-refractivity contribution in [2.75, 3.05) is 6.54 Å². The molecule has 2 rings (SSSR count). The van der Waals surface area contributed by atoms with Crippen LogP contribution < -0.4 is 39.1 Å². The Hall–Kier alpha value is -4.04. The summed E-state index contributed by atoms with van der Waals surface area (Å²) in [6.07, 6.45) is 4.10. The zero-order chi connectivity index (χ0) is 31.3. The van der Waals surface area contributed by atoms with E-state index in [1.807, 2.05) is 0 Å². The van der Waals surface area contributed by atoms with E-state index in [4.69, 9.17) is 43.9 Å². The van der Waals surface area contributed by atoms with Gasteiger partial charge in [0.15, 0.2) is 11.6 Å². The van der Waals surface area contributed by atoms with Gasteiger partial charge in [0.2, 0.25) is 0 Å². The number of benzene rings is 2. The summed E-state index contributed by atoms with van der Waals surface area (Å²) in [5, 5.41) is 11.5. The van der Waals surface area contributed by atoms with E-state index in [9.17, 15) is 19.5 Å². The summed E-state index contributed by atoms with van der Waals surface area (Å²) in [6.45, 7) is 2.14. The van der Waals surface area contributed by atoms with Gasteiger partial charge in [-0.25, -0.2) is 4.79 Å². The SMILES string of the molecule is CCCCCCC(N)C(N)C(=O)OC(N)(CCCN=C(N)N)C(=O)Oc1ccccc1C(O)(C(N)=O)c1ccccc1. The molecule has 4 atom stereocenters. The van der Waals surface area contributed by atoms with Crippen molar-refractivity contribution < 1.29 is 29.0 Å². The Morgan fingerprint density at radius 2 is 1.57 bits per heavy atom. The number of unbranched alkanes of at least 4 members (excludes halogenated alkanes) is 3. The van der Waals surface area contributed by atoms with Crippen LogP contribution in [-0.2, 0) is 24.7 Å². The van der Waals surface area contributed by atoms with Crippen molar-refractivity contribution in [1.82, 2.24) is 0 Å². The molecule has 1 amide bonds. The van der Waals surface area contributed by atoms with E-state index in [0.717, 1.165) is 25.7 Å². The number of guanidine groups is 1. The molecule has 13 heteroatoms. The van der Waals surface area contributed by atoms with Gasteiger partial charge in [0.25, 0.3) is 11.6 Å². The lowest BCUT2D eigenvalue weighted by molar-refractivity contribution is -0.178. The minimum Gasteiger partial charge on any atom is -0.431 e. The molecule has 0 spiro atoms. The minimum absolute atomic E-state index is 0.0706. The second kappa shape index (κ2) is 15.8. The lowest BCUT2D eigenvalue weighted by Crippen LogP contribution is -2.58. The standard InChI is InChI=1S/C29H43N7O6/c1-2-3-4-8-15-21(30)23(31)24(37)42-28(35,17-11-18-36-27(33)34)26(39)41-22-16-10-9-14-20(22)29(40,25(32)38)19-12-6-5-7-13-19/h5-7,9-10,12-14,16,21,23,40H,2-4,8,11,15,17-18,30-31,35H2,1H3,(H2,32,38)(H4,33,34,36). The fourth-order valence-electron chi connectivity index (χ4n) is 4.30. The van der Waals surface area contributed by atoms with Crippen molar-refractivity contribution in [1.29, 1.82) is 0 Å². The van der Waals surface area contributed by atoms with Gasteiger partial charge >= 0.3 is 11.9 Å².